The Morgan fingerprint density at radius 2 is 2.00 bits per heavy atom. The fraction of sp³-hybridized carbons (Fsp3) is 0.889. The Morgan fingerprint density at radius 3 is 2.45 bits per heavy atom. The van der Waals surface area contributed by atoms with Crippen molar-refractivity contribution >= 4 is 22.2 Å². The van der Waals surface area contributed by atoms with Crippen LogP contribution in [0.2, 0.25) is 0 Å². The van der Waals surface area contributed by atoms with Gasteiger partial charge in [0, 0.05) is 11.2 Å². The first-order chi connectivity index (χ1) is 5.35. The number of hydrogen-bond acceptors (Lipinski definition) is 1. The van der Waals surface area contributed by atoms with E-state index in [0.717, 1.165) is 30.9 Å². The van der Waals surface area contributed by atoms with Gasteiger partial charge in [0.2, 0.25) is 0 Å². The minimum Gasteiger partial charge on any atom is -0.303 e. The lowest BCUT2D eigenvalue weighted by molar-refractivity contribution is -0.111. The van der Waals surface area contributed by atoms with Gasteiger partial charge in [-0.15, -0.1) is 0 Å². The van der Waals surface area contributed by atoms with E-state index >= 15 is 0 Å². The number of hydrogen-bond donors (Lipinski definition) is 0. The lowest BCUT2D eigenvalue weighted by atomic mass is 9.99. The highest BCUT2D eigenvalue weighted by Crippen LogP contribution is 2.12. The molecule has 1 unspecified atom stereocenters. The molecule has 0 N–H and O–H groups in total. The lowest BCUT2D eigenvalue weighted by Gasteiger charge is -2.06. The van der Waals surface area contributed by atoms with Crippen LogP contribution in [0.15, 0.2) is 0 Å². The highest BCUT2D eigenvalue weighted by atomic mass is 79.9. The van der Waals surface area contributed by atoms with Crippen molar-refractivity contribution < 1.29 is 4.79 Å². The van der Waals surface area contributed by atoms with Crippen LogP contribution in [0.1, 0.15) is 39.0 Å². The maximum atomic E-state index is 10.5. The van der Waals surface area contributed by atoms with Gasteiger partial charge >= 0.3 is 0 Å². The first-order valence-electron chi connectivity index (χ1n) is 4.36. The summed E-state index contributed by atoms with van der Waals surface area (Å²) >= 11 is 3.36. The van der Waals surface area contributed by atoms with E-state index in [1.807, 2.05) is 0 Å². The molecular weight excluding hydrogens is 204 g/mol. The molecule has 0 aliphatic rings. The van der Waals surface area contributed by atoms with Crippen molar-refractivity contribution in [2.75, 3.05) is 5.33 Å². The Hall–Kier alpha value is 0.150. The third kappa shape index (κ3) is 6.54. The van der Waals surface area contributed by atoms with Gasteiger partial charge < -0.3 is 4.79 Å². The molecule has 0 aromatic carbocycles. The van der Waals surface area contributed by atoms with Gasteiger partial charge in [-0.1, -0.05) is 35.7 Å². The maximum Gasteiger partial charge on any atom is 0.123 e. The molecule has 0 aromatic heterocycles. The highest BCUT2D eigenvalue weighted by molar-refractivity contribution is 9.09. The second-order valence-corrected chi connectivity index (χ2v) is 3.66. The molecule has 0 fully saturated rings. The number of halogens is 1. The molecule has 0 rings (SSSR count). The van der Waals surface area contributed by atoms with Crippen LogP contribution in [-0.2, 0) is 4.79 Å². The number of carbonyl (C=O) groups excluding carboxylic acids is 1. The van der Waals surface area contributed by atoms with Crippen molar-refractivity contribution in [3.63, 3.8) is 0 Å². The van der Waals surface area contributed by atoms with Crippen LogP contribution in [-0.4, -0.2) is 11.6 Å². The summed E-state index contributed by atoms with van der Waals surface area (Å²) in [6, 6.07) is 0. The summed E-state index contributed by atoms with van der Waals surface area (Å²) in [7, 11) is 0. The Balaban J connectivity index is 3.33. The van der Waals surface area contributed by atoms with Crippen LogP contribution in [0.4, 0.5) is 0 Å². The van der Waals surface area contributed by atoms with E-state index in [1.54, 1.807) is 0 Å². The first kappa shape index (κ1) is 11.2. The summed E-state index contributed by atoms with van der Waals surface area (Å²) in [5.74, 6) is 0.312. The second-order valence-electron chi connectivity index (χ2n) is 2.87. The molecule has 0 radical (unpaired) electrons. The topological polar surface area (TPSA) is 17.1 Å². The van der Waals surface area contributed by atoms with Crippen molar-refractivity contribution in [1.82, 2.24) is 0 Å². The molecule has 66 valence electrons. The molecule has 2 heteroatoms. The smallest absolute Gasteiger partial charge is 0.123 e. The molecule has 1 nitrogen and oxygen atoms in total. The summed E-state index contributed by atoms with van der Waals surface area (Å²) in [6.07, 6.45) is 6.73. The van der Waals surface area contributed by atoms with Crippen LogP contribution in [0.5, 0.6) is 0 Å². The summed E-state index contributed by atoms with van der Waals surface area (Å²) in [4.78, 5) is 10.5. The molecular formula is C9H17BrO. The molecule has 0 aliphatic carbocycles. The largest absolute Gasteiger partial charge is 0.303 e. The van der Waals surface area contributed by atoms with Gasteiger partial charge in [-0.3, -0.25) is 0 Å². The van der Waals surface area contributed by atoms with Gasteiger partial charge in [0.25, 0.3) is 0 Å². The predicted octanol–water partition coefficient (Wildman–Crippen LogP) is 3.17. The fourth-order valence-corrected chi connectivity index (χ4v) is 1.41. The molecule has 0 amide bonds. The zero-order valence-corrected chi connectivity index (χ0v) is 8.77. The van der Waals surface area contributed by atoms with E-state index in [9.17, 15) is 4.79 Å². The molecule has 0 saturated heterocycles. The number of aldehydes is 1. The third-order valence-electron chi connectivity index (χ3n) is 1.83. The summed E-state index contributed by atoms with van der Waals surface area (Å²) < 4.78 is 0. The zero-order chi connectivity index (χ0) is 8.53. The molecule has 0 bridgehead atoms. The number of unbranched alkanes of at least 4 members (excludes halogenated alkanes) is 1. The zero-order valence-electron chi connectivity index (χ0n) is 7.18. The average molecular weight is 221 g/mol. The van der Waals surface area contributed by atoms with E-state index in [-0.39, 0.29) is 0 Å². The molecule has 11 heavy (non-hydrogen) atoms. The Morgan fingerprint density at radius 1 is 1.36 bits per heavy atom. The Labute approximate surface area is 77.7 Å². The minimum atomic E-state index is 0.312. The van der Waals surface area contributed by atoms with Crippen LogP contribution >= 0.6 is 15.9 Å². The van der Waals surface area contributed by atoms with Crippen LogP contribution in [0.25, 0.3) is 0 Å². The van der Waals surface area contributed by atoms with Crippen LogP contribution < -0.4 is 0 Å². The van der Waals surface area contributed by atoms with Gasteiger partial charge in [0.15, 0.2) is 0 Å². The number of rotatable bonds is 7. The lowest BCUT2D eigenvalue weighted by Crippen LogP contribution is -2.01. The van der Waals surface area contributed by atoms with Crippen molar-refractivity contribution in [3.05, 3.63) is 0 Å². The van der Waals surface area contributed by atoms with Gasteiger partial charge in [-0.25, -0.2) is 0 Å². The molecule has 0 aromatic rings. The average Bonchev–Trinajstić information content (AvgIpc) is 2.05. The van der Waals surface area contributed by atoms with Crippen molar-refractivity contribution in [1.29, 1.82) is 0 Å². The molecule has 1 atom stereocenters. The molecule has 0 heterocycles. The fourth-order valence-electron chi connectivity index (χ4n) is 1.09. The monoisotopic (exact) mass is 220 g/mol. The standard InChI is InChI=1S/C9H17BrO/c1-2-3-5-9(8-11)6-4-7-10/h8-9H,2-7H2,1H3. The van der Waals surface area contributed by atoms with Gasteiger partial charge in [0.1, 0.15) is 6.29 Å². The summed E-state index contributed by atoms with van der Waals surface area (Å²) in [6.45, 7) is 2.16. The molecule has 0 aliphatic heterocycles. The molecule has 0 saturated carbocycles. The Bertz CT molecular complexity index is 85.6. The minimum absolute atomic E-state index is 0.312. The van der Waals surface area contributed by atoms with E-state index < -0.39 is 0 Å². The Kier molecular flexibility index (Phi) is 8.36. The van der Waals surface area contributed by atoms with Crippen LogP contribution in [0, 0.1) is 5.92 Å². The quantitative estimate of drug-likeness (QED) is 0.476. The first-order valence-corrected chi connectivity index (χ1v) is 5.48. The molecule has 0 spiro atoms. The highest BCUT2D eigenvalue weighted by Gasteiger charge is 2.04. The third-order valence-corrected chi connectivity index (χ3v) is 2.39. The van der Waals surface area contributed by atoms with E-state index in [4.69, 9.17) is 0 Å². The van der Waals surface area contributed by atoms with Crippen LogP contribution in [0.3, 0.4) is 0 Å². The summed E-state index contributed by atoms with van der Waals surface area (Å²) in [5.41, 5.74) is 0. The second kappa shape index (κ2) is 8.25. The van der Waals surface area contributed by atoms with E-state index in [1.165, 1.54) is 12.8 Å². The predicted molar refractivity (Wildman–Crippen MR) is 52.1 cm³/mol. The van der Waals surface area contributed by atoms with Gasteiger partial charge in [-0.05, 0) is 19.3 Å². The maximum absolute atomic E-state index is 10.5. The van der Waals surface area contributed by atoms with Gasteiger partial charge in [-0.2, -0.15) is 0 Å². The van der Waals surface area contributed by atoms with E-state index in [2.05, 4.69) is 22.9 Å². The summed E-state index contributed by atoms with van der Waals surface area (Å²) in [5, 5.41) is 1.02. The van der Waals surface area contributed by atoms with Crippen molar-refractivity contribution in [2.45, 2.75) is 39.0 Å². The number of alkyl halides is 1. The van der Waals surface area contributed by atoms with Gasteiger partial charge in [0.05, 0.1) is 0 Å². The number of carbonyl (C=O) groups is 1. The van der Waals surface area contributed by atoms with Crippen molar-refractivity contribution in [3.8, 4) is 0 Å². The van der Waals surface area contributed by atoms with E-state index in [0.29, 0.717) is 5.92 Å². The SMILES string of the molecule is CCCCC(C=O)CCCBr. The normalized spacial score (nSPS) is 12.9. The van der Waals surface area contributed by atoms with Crippen molar-refractivity contribution in [2.24, 2.45) is 5.92 Å².